The predicted molar refractivity (Wildman–Crippen MR) is 109 cm³/mol. The highest BCUT2D eigenvalue weighted by molar-refractivity contribution is 5.94. The summed E-state index contributed by atoms with van der Waals surface area (Å²) in [5.74, 6) is 0.804. The maximum absolute atomic E-state index is 12.3. The Morgan fingerprint density at radius 1 is 0.893 bits per heavy atom. The van der Waals surface area contributed by atoms with Crippen LogP contribution >= 0.6 is 0 Å². The number of ether oxygens (including phenoxy) is 2. The molecule has 28 heavy (non-hydrogen) atoms. The van der Waals surface area contributed by atoms with Crippen molar-refractivity contribution in [3.8, 4) is 11.5 Å². The molecule has 2 rings (SSSR count). The number of methoxy groups -OCH3 is 2. The summed E-state index contributed by atoms with van der Waals surface area (Å²) in [5, 5.41) is 5.75. The van der Waals surface area contributed by atoms with E-state index in [0.717, 1.165) is 21.7 Å². The molecule has 2 aromatic rings. The Morgan fingerprint density at radius 3 is 2.04 bits per heavy atom. The first kappa shape index (κ1) is 21.2. The van der Waals surface area contributed by atoms with Crippen LogP contribution in [0.5, 0.6) is 11.5 Å². The lowest BCUT2D eigenvalue weighted by Gasteiger charge is -2.16. The second kappa shape index (κ2) is 9.75. The van der Waals surface area contributed by atoms with Crippen molar-refractivity contribution in [1.29, 1.82) is 0 Å². The highest BCUT2D eigenvalue weighted by atomic mass is 16.5. The van der Waals surface area contributed by atoms with Crippen LogP contribution in [-0.4, -0.2) is 46.2 Å². The number of nitrogens with one attached hydrogen (secondary N) is 3. The third-order valence-electron chi connectivity index (χ3n) is 4.34. The molecule has 0 spiro atoms. The molecule has 1 unspecified atom stereocenters. The molecule has 7 nitrogen and oxygen atoms in total. The molecule has 0 bridgehead atoms. The number of likely N-dealkylation sites (N-methyl/N-ethyl adjacent to an activating group) is 1. The van der Waals surface area contributed by atoms with Crippen LogP contribution in [-0.2, 0) is 9.59 Å². The molecule has 7 heteroatoms. The molecule has 150 valence electrons. The Balaban J connectivity index is 1.89. The second-order valence-corrected chi connectivity index (χ2v) is 6.74. The van der Waals surface area contributed by atoms with Gasteiger partial charge < -0.3 is 25.0 Å². The van der Waals surface area contributed by atoms with Crippen molar-refractivity contribution in [1.82, 2.24) is 0 Å². The Hall–Kier alpha value is -3.06. The standard InChI is InChI=1S/C21H27N3O4/c1-14-7-6-8-15(2)21(14)23-20(26)13-24(3)12-19(25)22-16-9-10-17(27-4)18(11-16)28-5/h6-11H,12-13H2,1-5H3,(H,22,25)(H,23,26)/p+1. The van der Waals surface area contributed by atoms with Crippen molar-refractivity contribution >= 4 is 23.2 Å². The number of carbonyl (C=O) groups is 2. The first-order valence-electron chi connectivity index (χ1n) is 9.03. The summed E-state index contributed by atoms with van der Waals surface area (Å²) >= 11 is 0. The van der Waals surface area contributed by atoms with Crippen LogP contribution < -0.4 is 25.0 Å². The average Bonchev–Trinajstić information content (AvgIpc) is 2.64. The summed E-state index contributed by atoms with van der Waals surface area (Å²) < 4.78 is 10.4. The van der Waals surface area contributed by atoms with Gasteiger partial charge in [0.1, 0.15) is 0 Å². The van der Waals surface area contributed by atoms with Crippen molar-refractivity contribution in [3.05, 3.63) is 47.5 Å². The lowest BCUT2D eigenvalue weighted by molar-refractivity contribution is -0.862. The van der Waals surface area contributed by atoms with Gasteiger partial charge in [0.15, 0.2) is 24.6 Å². The molecule has 3 N–H and O–H groups in total. The first-order chi connectivity index (χ1) is 13.3. The summed E-state index contributed by atoms with van der Waals surface area (Å²) in [7, 11) is 4.90. The number of aryl methyl sites for hydroxylation is 2. The number of anilines is 2. The quantitative estimate of drug-likeness (QED) is 0.641. The molecule has 0 aliphatic carbocycles. The molecule has 0 heterocycles. The highest BCUT2D eigenvalue weighted by Crippen LogP contribution is 2.29. The molecular formula is C21H28N3O4+. The van der Waals surface area contributed by atoms with Crippen LogP contribution in [0.4, 0.5) is 11.4 Å². The van der Waals surface area contributed by atoms with E-state index in [-0.39, 0.29) is 24.9 Å². The fourth-order valence-electron chi connectivity index (χ4n) is 2.93. The third-order valence-corrected chi connectivity index (χ3v) is 4.34. The molecule has 2 amide bonds. The van der Waals surface area contributed by atoms with Gasteiger partial charge in [0.05, 0.1) is 21.3 Å². The van der Waals surface area contributed by atoms with Crippen molar-refractivity contribution in [2.24, 2.45) is 0 Å². The Labute approximate surface area is 165 Å². The van der Waals surface area contributed by atoms with Crippen LogP contribution in [0.15, 0.2) is 36.4 Å². The number of para-hydroxylation sites is 1. The monoisotopic (exact) mass is 386 g/mol. The lowest BCUT2D eigenvalue weighted by atomic mass is 10.1. The van der Waals surface area contributed by atoms with Crippen molar-refractivity contribution in [2.45, 2.75) is 13.8 Å². The zero-order valence-corrected chi connectivity index (χ0v) is 17.0. The van der Waals surface area contributed by atoms with Gasteiger partial charge in [-0.1, -0.05) is 18.2 Å². The number of benzene rings is 2. The maximum atomic E-state index is 12.3. The Bertz CT molecular complexity index is 831. The summed E-state index contributed by atoms with van der Waals surface area (Å²) in [5.41, 5.74) is 3.46. The van der Waals surface area contributed by atoms with E-state index in [2.05, 4.69) is 10.6 Å². The zero-order chi connectivity index (χ0) is 20.7. The van der Waals surface area contributed by atoms with Gasteiger partial charge in [-0.25, -0.2) is 0 Å². The van der Waals surface area contributed by atoms with Crippen LogP contribution in [0.1, 0.15) is 11.1 Å². The SMILES string of the molecule is COc1ccc(NC(=O)C[NH+](C)CC(=O)Nc2c(C)cccc2C)cc1OC. The van der Waals surface area contributed by atoms with Gasteiger partial charge >= 0.3 is 0 Å². The molecule has 0 saturated heterocycles. The predicted octanol–water partition coefficient (Wildman–Crippen LogP) is 1.41. The maximum Gasteiger partial charge on any atom is 0.279 e. The van der Waals surface area contributed by atoms with E-state index in [4.69, 9.17) is 9.47 Å². The van der Waals surface area contributed by atoms with Crippen LogP contribution in [0.25, 0.3) is 0 Å². The van der Waals surface area contributed by atoms with Crippen LogP contribution in [0, 0.1) is 13.8 Å². The van der Waals surface area contributed by atoms with Gasteiger partial charge in [-0.05, 0) is 37.1 Å². The van der Waals surface area contributed by atoms with Gasteiger partial charge in [-0.2, -0.15) is 0 Å². The van der Waals surface area contributed by atoms with Gasteiger partial charge in [-0.3, -0.25) is 9.59 Å². The van der Waals surface area contributed by atoms with E-state index in [1.54, 1.807) is 32.4 Å². The minimum Gasteiger partial charge on any atom is -0.493 e. The number of rotatable bonds is 8. The summed E-state index contributed by atoms with van der Waals surface area (Å²) in [6.45, 7) is 4.26. The van der Waals surface area contributed by atoms with E-state index in [0.29, 0.717) is 17.2 Å². The molecule has 2 aromatic carbocycles. The summed E-state index contributed by atoms with van der Waals surface area (Å²) in [6, 6.07) is 11.0. The van der Waals surface area contributed by atoms with Gasteiger partial charge in [0.25, 0.3) is 11.8 Å². The number of hydrogen-bond acceptors (Lipinski definition) is 4. The van der Waals surface area contributed by atoms with Gasteiger partial charge in [0, 0.05) is 17.4 Å². The molecule has 1 atom stereocenters. The van der Waals surface area contributed by atoms with Crippen molar-refractivity contribution < 1.29 is 24.0 Å². The van der Waals surface area contributed by atoms with E-state index in [9.17, 15) is 9.59 Å². The van der Waals surface area contributed by atoms with Crippen LogP contribution in [0.2, 0.25) is 0 Å². The highest BCUT2D eigenvalue weighted by Gasteiger charge is 2.16. The molecular weight excluding hydrogens is 358 g/mol. The minimum absolute atomic E-state index is 0.131. The van der Waals surface area contributed by atoms with Crippen molar-refractivity contribution in [2.75, 3.05) is 45.0 Å². The van der Waals surface area contributed by atoms with E-state index < -0.39 is 0 Å². The van der Waals surface area contributed by atoms with Crippen LogP contribution in [0.3, 0.4) is 0 Å². The topological polar surface area (TPSA) is 81.1 Å². The first-order valence-corrected chi connectivity index (χ1v) is 9.03. The molecule has 0 fully saturated rings. The fraction of sp³-hybridized carbons (Fsp3) is 0.333. The fourth-order valence-corrected chi connectivity index (χ4v) is 2.93. The van der Waals surface area contributed by atoms with E-state index in [1.807, 2.05) is 32.0 Å². The lowest BCUT2D eigenvalue weighted by Crippen LogP contribution is -3.11. The third kappa shape index (κ3) is 5.72. The molecule has 0 aliphatic rings. The van der Waals surface area contributed by atoms with E-state index in [1.165, 1.54) is 7.11 Å². The minimum atomic E-state index is -0.190. The molecule has 0 aromatic heterocycles. The smallest absolute Gasteiger partial charge is 0.279 e. The Kier molecular flexibility index (Phi) is 7.40. The number of carbonyl (C=O) groups excluding carboxylic acids is 2. The van der Waals surface area contributed by atoms with Gasteiger partial charge in [0.2, 0.25) is 0 Å². The largest absolute Gasteiger partial charge is 0.493 e. The summed E-state index contributed by atoms with van der Waals surface area (Å²) in [4.78, 5) is 25.4. The Morgan fingerprint density at radius 2 is 1.46 bits per heavy atom. The molecule has 0 saturated carbocycles. The number of amides is 2. The average molecular weight is 386 g/mol. The van der Waals surface area contributed by atoms with Crippen molar-refractivity contribution in [3.63, 3.8) is 0 Å². The zero-order valence-electron chi connectivity index (χ0n) is 17.0. The van der Waals surface area contributed by atoms with Gasteiger partial charge in [-0.15, -0.1) is 0 Å². The van der Waals surface area contributed by atoms with E-state index >= 15 is 0 Å². The second-order valence-electron chi connectivity index (χ2n) is 6.74. The number of hydrogen-bond donors (Lipinski definition) is 3. The number of quaternary nitrogens is 1. The summed E-state index contributed by atoms with van der Waals surface area (Å²) in [6.07, 6.45) is 0. The molecule has 0 aliphatic heterocycles. The normalized spacial score (nSPS) is 11.5. The molecule has 0 radical (unpaired) electrons.